The Morgan fingerprint density at radius 1 is 1.57 bits per heavy atom. The van der Waals surface area contributed by atoms with E-state index < -0.39 is 0 Å². The predicted octanol–water partition coefficient (Wildman–Crippen LogP) is 1.66. The van der Waals surface area contributed by atoms with E-state index in [4.69, 9.17) is 0 Å². The summed E-state index contributed by atoms with van der Waals surface area (Å²) in [5, 5.41) is 9.46. The van der Waals surface area contributed by atoms with Crippen LogP contribution in [0.25, 0.3) is 0 Å². The molecule has 1 aromatic heterocycles. The maximum atomic E-state index is 11.1. The third kappa shape index (κ3) is 1.54. The molecule has 76 valence electrons. The normalized spacial score (nSPS) is 16.6. The second-order valence-corrected chi connectivity index (χ2v) is 4.06. The molecule has 14 heavy (non-hydrogen) atoms. The molecule has 1 aliphatic rings. The van der Waals surface area contributed by atoms with Crippen LogP contribution in [0.5, 0.6) is 5.75 Å². The lowest BCUT2D eigenvalue weighted by Gasteiger charge is -2.27. The maximum absolute atomic E-state index is 11.1. The first-order chi connectivity index (χ1) is 6.68. The van der Waals surface area contributed by atoms with Gasteiger partial charge in [-0.1, -0.05) is 6.42 Å². The third-order valence-corrected chi connectivity index (χ3v) is 3.09. The van der Waals surface area contributed by atoms with Crippen molar-refractivity contribution < 1.29 is 5.11 Å². The summed E-state index contributed by atoms with van der Waals surface area (Å²) in [6.45, 7) is 2.72. The summed E-state index contributed by atoms with van der Waals surface area (Å²) in [7, 11) is 0. The van der Waals surface area contributed by atoms with Crippen LogP contribution in [0.2, 0.25) is 0 Å². The van der Waals surface area contributed by atoms with Gasteiger partial charge in [0.05, 0.1) is 5.69 Å². The monoisotopic (exact) mass is 193 g/mol. The van der Waals surface area contributed by atoms with Gasteiger partial charge in [-0.05, 0) is 25.7 Å². The van der Waals surface area contributed by atoms with Crippen LogP contribution in [0.3, 0.4) is 0 Å². The Hall–Kier alpha value is -1.25. The highest BCUT2D eigenvalue weighted by molar-refractivity contribution is 5.25. The minimum absolute atomic E-state index is 0.105. The molecule has 0 radical (unpaired) electrons. The highest BCUT2D eigenvalue weighted by atomic mass is 16.3. The average molecular weight is 193 g/mol. The number of nitrogens with zero attached hydrogens (tertiary/aromatic N) is 1. The number of aromatic hydroxyl groups is 1. The fourth-order valence-electron chi connectivity index (χ4n) is 1.81. The molecule has 1 fully saturated rings. The van der Waals surface area contributed by atoms with Gasteiger partial charge in [-0.2, -0.15) is 0 Å². The molecule has 0 aromatic carbocycles. The lowest BCUT2D eigenvalue weighted by molar-refractivity contribution is 0.272. The van der Waals surface area contributed by atoms with Crippen LogP contribution in [0.15, 0.2) is 17.1 Å². The van der Waals surface area contributed by atoms with Gasteiger partial charge < -0.3 is 9.67 Å². The minimum Gasteiger partial charge on any atom is -0.503 e. The molecule has 0 bridgehead atoms. The molecule has 0 saturated heterocycles. The van der Waals surface area contributed by atoms with Crippen molar-refractivity contribution >= 4 is 0 Å². The Bertz CT molecular complexity index is 391. The predicted molar refractivity (Wildman–Crippen MR) is 54.4 cm³/mol. The van der Waals surface area contributed by atoms with Crippen molar-refractivity contribution in [2.45, 2.75) is 32.7 Å². The van der Waals surface area contributed by atoms with E-state index in [0.717, 1.165) is 12.5 Å². The van der Waals surface area contributed by atoms with E-state index in [1.165, 1.54) is 25.3 Å². The van der Waals surface area contributed by atoms with Crippen molar-refractivity contribution in [3.8, 4) is 5.75 Å². The highest BCUT2D eigenvalue weighted by Crippen LogP contribution is 2.28. The van der Waals surface area contributed by atoms with Crippen LogP contribution in [-0.4, -0.2) is 9.67 Å². The molecule has 0 aliphatic heterocycles. The summed E-state index contributed by atoms with van der Waals surface area (Å²) in [5.74, 6) is 0.627. The Labute approximate surface area is 83.0 Å². The molecule has 1 aliphatic carbocycles. The fourth-order valence-corrected chi connectivity index (χ4v) is 1.81. The van der Waals surface area contributed by atoms with E-state index in [1.54, 1.807) is 13.1 Å². The summed E-state index contributed by atoms with van der Waals surface area (Å²) < 4.78 is 1.97. The lowest BCUT2D eigenvalue weighted by Crippen LogP contribution is -2.20. The van der Waals surface area contributed by atoms with Crippen molar-refractivity contribution in [3.05, 3.63) is 28.2 Å². The van der Waals surface area contributed by atoms with Crippen LogP contribution >= 0.6 is 0 Å². The molecule has 1 aromatic rings. The summed E-state index contributed by atoms with van der Waals surface area (Å²) in [6.07, 6.45) is 5.63. The Kier molecular flexibility index (Phi) is 2.32. The summed E-state index contributed by atoms with van der Waals surface area (Å²) >= 11 is 0. The summed E-state index contributed by atoms with van der Waals surface area (Å²) in [4.78, 5) is 11.1. The van der Waals surface area contributed by atoms with Crippen molar-refractivity contribution in [2.75, 3.05) is 0 Å². The van der Waals surface area contributed by atoms with Crippen LogP contribution < -0.4 is 5.43 Å². The fraction of sp³-hybridized carbons (Fsp3) is 0.545. The number of rotatable bonds is 2. The number of hydrogen-bond acceptors (Lipinski definition) is 2. The van der Waals surface area contributed by atoms with Gasteiger partial charge in [-0.15, -0.1) is 0 Å². The summed E-state index contributed by atoms with van der Waals surface area (Å²) in [6, 6.07) is 1.43. The van der Waals surface area contributed by atoms with Crippen molar-refractivity contribution in [1.29, 1.82) is 0 Å². The van der Waals surface area contributed by atoms with Gasteiger partial charge in [0.15, 0.2) is 5.75 Å². The SMILES string of the molecule is Cc1c(O)c(=O)ccn1CC1CCC1. The largest absolute Gasteiger partial charge is 0.503 e. The van der Waals surface area contributed by atoms with E-state index in [1.807, 2.05) is 4.57 Å². The molecule has 1 saturated carbocycles. The van der Waals surface area contributed by atoms with E-state index in [-0.39, 0.29) is 11.2 Å². The van der Waals surface area contributed by atoms with E-state index >= 15 is 0 Å². The second kappa shape index (κ2) is 3.48. The molecule has 0 unspecified atom stereocenters. The van der Waals surface area contributed by atoms with Crippen LogP contribution in [-0.2, 0) is 6.54 Å². The molecule has 0 atom stereocenters. The number of aromatic nitrogens is 1. The Balaban J connectivity index is 2.24. The molecule has 2 rings (SSSR count). The van der Waals surface area contributed by atoms with Gasteiger partial charge in [-0.3, -0.25) is 4.79 Å². The van der Waals surface area contributed by atoms with Crippen LogP contribution in [0.1, 0.15) is 25.0 Å². The zero-order valence-corrected chi connectivity index (χ0v) is 8.36. The standard InChI is InChI=1S/C11H15NO2/c1-8-11(14)10(13)5-6-12(8)7-9-3-2-4-9/h5-6,9,14H,2-4,7H2,1H3. The first-order valence-electron chi connectivity index (χ1n) is 5.07. The zero-order chi connectivity index (χ0) is 10.1. The third-order valence-electron chi connectivity index (χ3n) is 3.09. The zero-order valence-electron chi connectivity index (χ0n) is 8.36. The summed E-state index contributed by atoms with van der Waals surface area (Å²) in [5.41, 5.74) is 0.400. The van der Waals surface area contributed by atoms with Crippen molar-refractivity contribution in [3.63, 3.8) is 0 Å². The van der Waals surface area contributed by atoms with Crippen LogP contribution in [0.4, 0.5) is 0 Å². The Morgan fingerprint density at radius 2 is 2.29 bits per heavy atom. The van der Waals surface area contributed by atoms with Gasteiger partial charge in [-0.25, -0.2) is 0 Å². The molecule has 3 heteroatoms. The van der Waals surface area contributed by atoms with Crippen molar-refractivity contribution in [1.82, 2.24) is 4.57 Å². The average Bonchev–Trinajstić information content (AvgIpc) is 2.10. The van der Waals surface area contributed by atoms with E-state index in [0.29, 0.717) is 5.69 Å². The van der Waals surface area contributed by atoms with Crippen LogP contribution in [0, 0.1) is 12.8 Å². The molecular weight excluding hydrogens is 178 g/mol. The molecule has 1 heterocycles. The van der Waals surface area contributed by atoms with Gasteiger partial charge in [0.1, 0.15) is 0 Å². The van der Waals surface area contributed by atoms with Gasteiger partial charge in [0.25, 0.3) is 0 Å². The first kappa shape index (κ1) is 9.31. The molecular formula is C11H15NO2. The van der Waals surface area contributed by atoms with Crippen molar-refractivity contribution in [2.24, 2.45) is 5.92 Å². The highest BCUT2D eigenvalue weighted by Gasteiger charge is 2.18. The van der Waals surface area contributed by atoms with Gasteiger partial charge >= 0.3 is 0 Å². The molecule has 3 nitrogen and oxygen atoms in total. The molecule has 1 N–H and O–H groups in total. The quantitative estimate of drug-likeness (QED) is 0.776. The molecule has 0 spiro atoms. The minimum atomic E-state index is -0.285. The van der Waals surface area contributed by atoms with E-state index in [9.17, 15) is 9.90 Å². The molecule has 0 amide bonds. The second-order valence-electron chi connectivity index (χ2n) is 4.06. The lowest BCUT2D eigenvalue weighted by atomic mass is 9.85. The maximum Gasteiger partial charge on any atom is 0.223 e. The Morgan fingerprint density at radius 3 is 2.86 bits per heavy atom. The number of hydrogen-bond donors (Lipinski definition) is 1. The smallest absolute Gasteiger partial charge is 0.223 e. The first-order valence-corrected chi connectivity index (χ1v) is 5.07. The van der Waals surface area contributed by atoms with Gasteiger partial charge in [0.2, 0.25) is 5.43 Å². The van der Waals surface area contributed by atoms with Gasteiger partial charge in [0, 0.05) is 18.8 Å². The van der Waals surface area contributed by atoms with E-state index in [2.05, 4.69) is 0 Å². The number of pyridine rings is 1. The topological polar surface area (TPSA) is 42.2 Å².